The molecule has 2 aromatic heterocycles. The highest BCUT2D eigenvalue weighted by atomic mass is 32.1. The molecule has 132 valence electrons. The molecule has 0 fully saturated rings. The third-order valence-corrected chi connectivity index (χ3v) is 5.35. The zero-order valence-electron chi connectivity index (χ0n) is 14.8. The topological polar surface area (TPSA) is 46.8 Å². The highest BCUT2D eigenvalue weighted by Crippen LogP contribution is 2.37. The Kier molecular flexibility index (Phi) is 4.49. The number of hydrogen-bond donors (Lipinski definition) is 1. The van der Waals surface area contributed by atoms with Crippen molar-refractivity contribution in [2.75, 3.05) is 6.61 Å². The van der Waals surface area contributed by atoms with Gasteiger partial charge in [0.25, 0.3) is 0 Å². The van der Waals surface area contributed by atoms with Crippen LogP contribution in [0.2, 0.25) is 0 Å². The van der Waals surface area contributed by atoms with Crippen molar-refractivity contribution in [3.8, 4) is 27.4 Å². The number of hydrogen-bond acceptors (Lipinski definition) is 4. The second-order valence-corrected chi connectivity index (χ2v) is 7.12. The van der Waals surface area contributed by atoms with Gasteiger partial charge in [-0.15, -0.1) is 0 Å². The predicted octanol–water partition coefficient (Wildman–Crippen LogP) is 4.93. The summed E-state index contributed by atoms with van der Waals surface area (Å²) in [7, 11) is 0. The molecule has 4 aromatic rings. The van der Waals surface area contributed by atoms with E-state index < -0.39 is 0 Å². The number of aryl methyl sites for hydroxylation is 1. The van der Waals surface area contributed by atoms with Crippen LogP contribution in [0, 0.1) is 6.92 Å². The Hall–Kier alpha value is -2.63. The molecule has 26 heavy (non-hydrogen) atoms. The average molecular weight is 364 g/mol. The Labute approximate surface area is 156 Å². The Morgan fingerprint density at radius 2 is 1.96 bits per heavy atom. The van der Waals surface area contributed by atoms with Crippen molar-refractivity contribution in [3.05, 3.63) is 66.0 Å². The molecule has 0 spiro atoms. The predicted molar refractivity (Wildman–Crippen MR) is 106 cm³/mol. The van der Waals surface area contributed by atoms with E-state index in [1.165, 1.54) is 0 Å². The highest BCUT2D eigenvalue weighted by Gasteiger charge is 2.19. The van der Waals surface area contributed by atoms with Gasteiger partial charge in [-0.05, 0) is 31.5 Å². The van der Waals surface area contributed by atoms with Crippen LogP contribution >= 0.6 is 11.3 Å². The van der Waals surface area contributed by atoms with Gasteiger partial charge >= 0.3 is 0 Å². The van der Waals surface area contributed by atoms with E-state index >= 15 is 0 Å². The monoisotopic (exact) mass is 364 g/mol. The lowest BCUT2D eigenvalue weighted by Crippen LogP contribution is -1.98. The largest absolute Gasteiger partial charge is 0.493 e. The molecule has 0 aliphatic heterocycles. The second-order valence-electron chi connectivity index (χ2n) is 6.11. The minimum absolute atomic E-state index is 0.0824. The number of aliphatic hydroxyl groups is 1. The van der Waals surface area contributed by atoms with Crippen LogP contribution in [0.3, 0.4) is 0 Å². The molecule has 4 rings (SSSR count). The van der Waals surface area contributed by atoms with Crippen LogP contribution in [-0.2, 0) is 6.61 Å². The minimum Gasteiger partial charge on any atom is -0.493 e. The summed E-state index contributed by atoms with van der Waals surface area (Å²) in [6.45, 7) is 4.52. The van der Waals surface area contributed by atoms with Gasteiger partial charge in [-0.25, -0.2) is 4.98 Å². The summed E-state index contributed by atoms with van der Waals surface area (Å²) in [5, 5.41) is 10.0. The Bertz CT molecular complexity index is 1050. The zero-order valence-corrected chi connectivity index (χ0v) is 15.6. The van der Waals surface area contributed by atoms with Gasteiger partial charge in [-0.1, -0.05) is 53.3 Å². The molecule has 5 heteroatoms. The maximum atomic E-state index is 10.0. The van der Waals surface area contributed by atoms with Crippen LogP contribution in [0.5, 0.6) is 5.75 Å². The second kappa shape index (κ2) is 6.94. The molecule has 0 unspecified atom stereocenters. The number of rotatable bonds is 5. The quantitative estimate of drug-likeness (QED) is 0.546. The maximum absolute atomic E-state index is 10.0. The lowest BCUT2D eigenvalue weighted by molar-refractivity contribution is 0.276. The fraction of sp³-hybridized carbons (Fsp3) is 0.190. The molecule has 0 aliphatic carbocycles. The molecule has 0 amide bonds. The summed E-state index contributed by atoms with van der Waals surface area (Å²) in [5.74, 6) is 0.793. The Morgan fingerprint density at radius 1 is 1.15 bits per heavy atom. The zero-order chi connectivity index (χ0) is 18.1. The number of ether oxygens (including phenoxy) is 1. The van der Waals surface area contributed by atoms with E-state index in [9.17, 15) is 5.11 Å². The van der Waals surface area contributed by atoms with E-state index in [-0.39, 0.29) is 6.61 Å². The molecule has 1 N–H and O–H groups in total. The van der Waals surface area contributed by atoms with Crippen LogP contribution in [0.4, 0.5) is 0 Å². The van der Waals surface area contributed by atoms with Crippen LogP contribution < -0.4 is 4.74 Å². The summed E-state index contributed by atoms with van der Waals surface area (Å²) in [4.78, 5) is 6.82. The highest BCUT2D eigenvalue weighted by molar-refractivity contribution is 7.20. The molecule has 0 aliphatic rings. The fourth-order valence-corrected chi connectivity index (χ4v) is 4.11. The van der Waals surface area contributed by atoms with Crippen molar-refractivity contribution in [2.45, 2.75) is 20.5 Å². The molecule has 0 saturated carbocycles. The summed E-state index contributed by atoms with van der Waals surface area (Å²) in [6, 6.07) is 16.3. The summed E-state index contributed by atoms with van der Waals surface area (Å²) >= 11 is 1.62. The van der Waals surface area contributed by atoms with Gasteiger partial charge in [0.05, 0.1) is 29.5 Å². The third-order valence-electron chi connectivity index (χ3n) is 4.32. The summed E-state index contributed by atoms with van der Waals surface area (Å²) in [6.07, 6.45) is 2.05. The lowest BCUT2D eigenvalue weighted by atomic mass is 10.1. The number of fused-ring (bicyclic) bond motifs is 1. The summed E-state index contributed by atoms with van der Waals surface area (Å²) < 4.78 is 7.77. The molecule has 0 bridgehead atoms. The van der Waals surface area contributed by atoms with Crippen LogP contribution in [0.1, 0.15) is 18.2 Å². The molecule has 0 saturated heterocycles. The van der Waals surface area contributed by atoms with E-state index in [2.05, 4.69) is 18.2 Å². The first-order valence-electron chi connectivity index (χ1n) is 8.62. The number of thiazole rings is 1. The van der Waals surface area contributed by atoms with E-state index in [0.717, 1.165) is 43.7 Å². The molecule has 0 atom stereocenters. The first kappa shape index (κ1) is 16.8. The Balaban J connectivity index is 1.87. The first-order chi connectivity index (χ1) is 12.7. The molecule has 0 radical (unpaired) electrons. The van der Waals surface area contributed by atoms with Crippen molar-refractivity contribution in [3.63, 3.8) is 0 Å². The van der Waals surface area contributed by atoms with E-state index in [0.29, 0.717) is 6.61 Å². The van der Waals surface area contributed by atoms with Crippen LogP contribution in [0.15, 0.2) is 54.7 Å². The van der Waals surface area contributed by atoms with Crippen LogP contribution in [-0.4, -0.2) is 21.1 Å². The van der Waals surface area contributed by atoms with Crippen molar-refractivity contribution in [1.82, 2.24) is 9.38 Å². The van der Waals surface area contributed by atoms with Crippen molar-refractivity contribution >= 4 is 16.3 Å². The van der Waals surface area contributed by atoms with Gasteiger partial charge in [-0.3, -0.25) is 4.40 Å². The van der Waals surface area contributed by atoms with E-state index in [1.807, 2.05) is 54.8 Å². The smallest absolute Gasteiger partial charge is 0.195 e. The van der Waals surface area contributed by atoms with Crippen molar-refractivity contribution in [1.29, 1.82) is 0 Å². The first-order valence-corrected chi connectivity index (χ1v) is 9.43. The normalized spacial score (nSPS) is 11.2. The Morgan fingerprint density at radius 3 is 2.69 bits per heavy atom. The number of imidazole rings is 1. The lowest BCUT2D eigenvalue weighted by Gasteiger charge is -2.10. The molecular formula is C21H20N2O2S. The number of benzene rings is 2. The third kappa shape index (κ3) is 2.89. The van der Waals surface area contributed by atoms with Crippen molar-refractivity contribution < 1.29 is 9.84 Å². The van der Waals surface area contributed by atoms with E-state index in [4.69, 9.17) is 9.72 Å². The molecule has 2 heterocycles. The standard InChI is InChI=1S/C21H20N2O2S/c1-3-25-18-10-9-14(2)11-16(18)20-17(13-24)23-12-19(26-21(23)22-20)15-7-5-4-6-8-15/h4-12,24H,3,13H2,1-2H3. The number of aromatic nitrogens is 2. The van der Waals surface area contributed by atoms with Gasteiger partial charge in [0.15, 0.2) is 4.96 Å². The average Bonchev–Trinajstić information content (AvgIpc) is 3.21. The fourth-order valence-electron chi connectivity index (χ4n) is 3.10. The van der Waals surface area contributed by atoms with Gasteiger partial charge in [0.2, 0.25) is 0 Å². The maximum Gasteiger partial charge on any atom is 0.195 e. The number of nitrogens with zero attached hydrogens (tertiary/aromatic N) is 2. The molecule has 2 aromatic carbocycles. The van der Waals surface area contributed by atoms with Gasteiger partial charge in [0, 0.05) is 11.8 Å². The number of aliphatic hydroxyl groups excluding tert-OH is 1. The van der Waals surface area contributed by atoms with Crippen molar-refractivity contribution in [2.24, 2.45) is 0 Å². The van der Waals surface area contributed by atoms with Gasteiger partial charge < -0.3 is 9.84 Å². The SMILES string of the molecule is CCOc1ccc(C)cc1-c1nc2sc(-c3ccccc3)cn2c1CO. The minimum atomic E-state index is -0.0824. The molecular weight excluding hydrogens is 344 g/mol. The summed E-state index contributed by atoms with van der Waals surface area (Å²) in [5.41, 5.74) is 4.77. The van der Waals surface area contributed by atoms with E-state index in [1.54, 1.807) is 11.3 Å². The van der Waals surface area contributed by atoms with Gasteiger partial charge in [-0.2, -0.15) is 0 Å². The van der Waals surface area contributed by atoms with Crippen LogP contribution in [0.25, 0.3) is 26.7 Å². The molecule has 4 nitrogen and oxygen atoms in total. The van der Waals surface area contributed by atoms with Gasteiger partial charge in [0.1, 0.15) is 5.75 Å².